The van der Waals surface area contributed by atoms with Gasteiger partial charge in [0.25, 0.3) is 6.71 Å². The van der Waals surface area contributed by atoms with Gasteiger partial charge in [0.2, 0.25) is 0 Å². The molecular weight excluding hydrogens is 852 g/mol. The van der Waals surface area contributed by atoms with Crippen molar-refractivity contribution in [2.75, 3.05) is 0 Å². The third-order valence-corrected chi connectivity index (χ3v) is 15.4. The van der Waals surface area contributed by atoms with Crippen LogP contribution in [0.5, 0.6) is 11.5 Å². The SMILES string of the molecule is Cc1cc(C)c(-c2ccc3c(c2)B2c4c(cc(-c5ccc(C#N)cc5)cc4-n4c5ccc(-n6c7ccccc7c7ccccc76)cc5c5cc(-n6c7ccccc7c7ccccc76)cc2c54)O3)c(C)c1. The van der Waals surface area contributed by atoms with E-state index in [-0.39, 0.29) is 6.71 Å². The van der Waals surface area contributed by atoms with Gasteiger partial charge in [-0.05, 0) is 155 Å². The molecule has 326 valence electrons. The van der Waals surface area contributed by atoms with Gasteiger partial charge in [0.05, 0.1) is 39.2 Å². The van der Waals surface area contributed by atoms with Crippen molar-refractivity contribution in [2.45, 2.75) is 20.8 Å². The summed E-state index contributed by atoms with van der Waals surface area (Å²) in [6.45, 7) is 6.49. The molecule has 6 heteroatoms. The first-order valence-electron chi connectivity index (χ1n) is 24.1. The molecule has 10 aromatic carbocycles. The number of benzene rings is 10. The number of aryl methyl sites for hydroxylation is 3. The molecule has 2 aliphatic rings. The van der Waals surface area contributed by atoms with Gasteiger partial charge in [0, 0.05) is 54.9 Å². The number of rotatable bonds is 4. The lowest BCUT2D eigenvalue weighted by Crippen LogP contribution is -2.58. The Balaban J connectivity index is 1.09. The van der Waals surface area contributed by atoms with Crippen LogP contribution in [0.1, 0.15) is 22.3 Å². The van der Waals surface area contributed by atoms with Gasteiger partial charge in [0.15, 0.2) is 0 Å². The number of nitriles is 1. The molecule has 0 unspecified atom stereocenters. The average molecular weight is 893 g/mol. The molecule has 0 spiro atoms. The molecule has 13 aromatic rings. The quantitative estimate of drug-likeness (QED) is 0.165. The Morgan fingerprint density at radius 2 is 0.986 bits per heavy atom. The molecule has 3 aromatic heterocycles. The molecule has 0 bridgehead atoms. The number of para-hydroxylation sites is 4. The summed E-state index contributed by atoms with van der Waals surface area (Å²) in [5, 5.41) is 17.1. The molecular formula is C64H41BN4O. The Morgan fingerprint density at radius 3 is 1.60 bits per heavy atom. The number of aromatic nitrogens is 3. The van der Waals surface area contributed by atoms with E-state index in [0.717, 1.165) is 56.1 Å². The number of hydrogen-bond acceptors (Lipinski definition) is 2. The molecule has 70 heavy (non-hydrogen) atoms. The fourth-order valence-electron chi connectivity index (χ4n) is 12.6. The number of fused-ring (bicyclic) bond motifs is 13. The van der Waals surface area contributed by atoms with Crippen LogP contribution in [0.4, 0.5) is 0 Å². The van der Waals surface area contributed by atoms with Gasteiger partial charge < -0.3 is 18.4 Å². The van der Waals surface area contributed by atoms with E-state index in [1.165, 1.54) is 93.2 Å². The smallest absolute Gasteiger partial charge is 0.256 e. The zero-order valence-corrected chi connectivity index (χ0v) is 38.7. The average Bonchev–Trinajstić information content (AvgIpc) is 4.03. The van der Waals surface area contributed by atoms with Crippen molar-refractivity contribution in [3.63, 3.8) is 0 Å². The number of ether oxygens (including phenoxy) is 1. The Kier molecular flexibility index (Phi) is 7.94. The van der Waals surface area contributed by atoms with Crippen molar-refractivity contribution < 1.29 is 4.74 Å². The van der Waals surface area contributed by atoms with Crippen LogP contribution in [0.15, 0.2) is 194 Å². The van der Waals surface area contributed by atoms with Crippen molar-refractivity contribution >= 4 is 88.5 Å². The lowest BCUT2D eigenvalue weighted by atomic mass is 9.34. The van der Waals surface area contributed by atoms with E-state index in [4.69, 9.17) is 4.74 Å². The summed E-state index contributed by atoms with van der Waals surface area (Å²) in [5.74, 6) is 1.70. The first kappa shape index (κ1) is 39.0. The highest BCUT2D eigenvalue weighted by Gasteiger charge is 2.42. The molecule has 0 fully saturated rings. The molecule has 0 aliphatic carbocycles. The second kappa shape index (κ2) is 14.2. The topological polar surface area (TPSA) is 47.8 Å². The van der Waals surface area contributed by atoms with Crippen LogP contribution in [-0.2, 0) is 0 Å². The largest absolute Gasteiger partial charge is 0.458 e. The van der Waals surface area contributed by atoms with Crippen LogP contribution < -0.4 is 21.1 Å². The summed E-state index contributed by atoms with van der Waals surface area (Å²) in [6, 6.07) is 73.3. The lowest BCUT2D eigenvalue weighted by Gasteiger charge is -2.34. The first-order valence-corrected chi connectivity index (χ1v) is 24.1. The monoisotopic (exact) mass is 892 g/mol. The van der Waals surface area contributed by atoms with Crippen molar-refractivity contribution in [1.82, 2.24) is 13.7 Å². The minimum Gasteiger partial charge on any atom is -0.458 e. The second-order valence-electron chi connectivity index (χ2n) is 19.4. The van der Waals surface area contributed by atoms with Gasteiger partial charge in [-0.2, -0.15) is 5.26 Å². The molecule has 15 rings (SSSR count). The Bertz CT molecular complexity index is 4370. The molecule has 0 saturated carbocycles. The highest BCUT2D eigenvalue weighted by molar-refractivity contribution is 6.99. The minimum atomic E-state index is -0.154. The Labute approximate surface area is 404 Å². The maximum atomic E-state index is 9.75. The summed E-state index contributed by atoms with van der Waals surface area (Å²) in [5.41, 5.74) is 22.8. The third-order valence-electron chi connectivity index (χ3n) is 15.4. The van der Waals surface area contributed by atoms with E-state index in [9.17, 15) is 5.26 Å². The first-order chi connectivity index (χ1) is 34.4. The summed E-state index contributed by atoms with van der Waals surface area (Å²) >= 11 is 0. The molecule has 0 radical (unpaired) electrons. The summed E-state index contributed by atoms with van der Waals surface area (Å²) < 4.78 is 14.6. The van der Waals surface area contributed by atoms with Crippen molar-refractivity contribution in [2.24, 2.45) is 0 Å². The van der Waals surface area contributed by atoms with Crippen LogP contribution in [-0.4, -0.2) is 20.4 Å². The van der Waals surface area contributed by atoms with Gasteiger partial charge in [-0.15, -0.1) is 0 Å². The Morgan fingerprint density at radius 1 is 0.429 bits per heavy atom. The van der Waals surface area contributed by atoms with Gasteiger partial charge in [-0.25, -0.2) is 0 Å². The van der Waals surface area contributed by atoms with E-state index in [1.54, 1.807) is 0 Å². The standard InChI is InChI=1S/C64H41BN4O/c1-37-28-38(2)62(39(3)29-37)42-24-27-60-52(30-42)65-53-35-45(68-56-18-10-6-14-48(56)49-15-7-11-19-57(49)68)34-51-50-33-44(67-54-16-8-4-12-46(54)47-13-5-9-17-55(47)67)25-26-58(50)69(64(51)53)59-31-43(32-61(70-60)63(59)65)41-22-20-40(36-66)21-23-41/h4-35H,1-3H3. The Hall–Kier alpha value is -9.05. The van der Waals surface area contributed by atoms with Crippen LogP contribution in [0.25, 0.3) is 105 Å². The van der Waals surface area contributed by atoms with Crippen molar-refractivity contribution in [3.05, 3.63) is 216 Å². The molecule has 5 nitrogen and oxygen atoms in total. The molecule has 5 heterocycles. The highest BCUT2D eigenvalue weighted by atomic mass is 16.5. The minimum absolute atomic E-state index is 0.154. The molecule has 2 aliphatic heterocycles. The van der Waals surface area contributed by atoms with Gasteiger partial charge in [0.1, 0.15) is 11.5 Å². The van der Waals surface area contributed by atoms with Gasteiger partial charge in [-0.3, -0.25) is 0 Å². The molecule has 0 atom stereocenters. The summed E-state index contributed by atoms with van der Waals surface area (Å²) in [6.07, 6.45) is 0. The van der Waals surface area contributed by atoms with Crippen LogP contribution in [0, 0.1) is 32.1 Å². The zero-order valence-electron chi connectivity index (χ0n) is 38.7. The predicted octanol–water partition coefficient (Wildman–Crippen LogP) is 14.0. The number of hydrogen-bond donors (Lipinski definition) is 0. The predicted molar refractivity (Wildman–Crippen MR) is 290 cm³/mol. The zero-order chi connectivity index (χ0) is 46.5. The highest BCUT2D eigenvalue weighted by Crippen LogP contribution is 2.44. The van der Waals surface area contributed by atoms with E-state index in [2.05, 4.69) is 223 Å². The molecule has 0 N–H and O–H groups in total. The van der Waals surface area contributed by atoms with E-state index >= 15 is 0 Å². The van der Waals surface area contributed by atoms with Crippen LogP contribution >= 0.6 is 0 Å². The third kappa shape index (κ3) is 5.32. The fourth-order valence-corrected chi connectivity index (χ4v) is 12.6. The van der Waals surface area contributed by atoms with Crippen molar-refractivity contribution in [1.29, 1.82) is 5.26 Å². The van der Waals surface area contributed by atoms with Gasteiger partial charge >= 0.3 is 0 Å². The summed E-state index contributed by atoms with van der Waals surface area (Å²) in [7, 11) is 0. The van der Waals surface area contributed by atoms with Crippen molar-refractivity contribution in [3.8, 4) is 56.9 Å². The van der Waals surface area contributed by atoms with Gasteiger partial charge in [-0.1, -0.05) is 115 Å². The second-order valence-corrected chi connectivity index (χ2v) is 19.4. The molecule has 0 amide bonds. The van der Waals surface area contributed by atoms with Crippen LogP contribution in [0.2, 0.25) is 0 Å². The summed E-state index contributed by atoms with van der Waals surface area (Å²) in [4.78, 5) is 0. The maximum Gasteiger partial charge on any atom is 0.256 e. The maximum absolute atomic E-state index is 9.75. The lowest BCUT2D eigenvalue weighted by molar-refractivity contribution is 0.487. The number of nitrogens with zero attached hydrogens (tertiary/aromatic N) is 4. The fraction of sp³-hybridized carbons (Fsp3) is 0.0469. The van der Waals surface area contributed by atoms with E-state index < -0.39 is 0 Å². The van der Waals surface area contributed by atoms with E-state index in [0.29, 0.717) is 5.56 Å². The van der Waals surface area contributed by atoms with Crippen LogP contribution in [0.3, 0.4) is 0 Å². The molecule has 0 saturated heterocycles. The normalized spacial score (nSPS) is 12.6. The van der Waals surface area contributed by atoms with E-state index in [1.807, 2.05) is 12.1 Å².